The average molecular weight is 359 g/mol. The standard InChI is InChI=1S/C18H17NO5S/c1-10-13(11(2)20)16(19-12-8-6-5-7-9-12)25-15(18(22)24-4)14(10)17(21)23-3/h5-9H,1-4H3. The van der Waals surface area contributed by atoms with Crippen molar-refractivity contribution in [2.24, 2.45) is 4.99 Å². The third-order valence-corrected chi connectivity index (χ3v) is 4.55. The van der Waals surface area contributed by atoms with Crippen LogP contribution < -0.4 is 4.67 Å². The van der Waals surface area contributed by atoms with Crippen LogP contribution >= 0.6 is 11.3 Å². The lowest BCUT2D eigenvalue weighted by atomic mass is 10.0. The molecule has 0 radical (unpaired) electrons. The van der Waals surface area contributed by atoms with Gasteiger partial charge < -0.3 is 9.47 Å². The molecule has 0 aliphatic heterocycles. The molecule has 0 saturated carbocycles. The minimum absolute atomic E-state index is 0.0246. The summed E-state index contributed by atoms with van der Waals surface area (Å²) in [6, 6.07) is 9.03. The van der Waals surface area contributed by atoms with E-state index in [0.29, 0.717) is 15.9 Å². The van der Waals surface area contributed by atoms with Crippen molar-refractivity contribution >= 4 is 34.7 Å². The highest BCUT2D eigenvalue weighted by Gasteiger charge is 2.26. The van der Waals surface area contributed by atoms with Gasteiger partial charge in [-0.25, -0.2) is 14.6 Å². The maximum Gasteiger partial charge on any atom is 0.349 e. The fraction of sp³-hybridized carbons (Fsp3) is 0.222. The van der Waals surface area contributed by atoms with E-state index < -0.39 is 11.9 Å². The Balaban J connectivity index is 2.91. The van der Waals surface area contributed by atoms with Crippen LogP contribution in [0.25, 0.3) is 0 Å². The van der Waals surface area contributed by atoms with Gasteiger partial charge in [0.1, 0.15) is 9.55 Å². The van der Waals surface area contributed by atoms with E-state index in [4.69, 9.17) is 9.47 Å². The van der Waals surface area contributed by atoms with E-state index in [9.17, 15) is 14.4 Å². The number of Topliss-reactive ketones (excluding diaryl/α,β-unsaturated/α-hetero) is 1. The van der Waals surface area contributed by atoms with Crippen LogP contribution in [0.15, 0.2) is 35.3 Å². The number of esters is 2. The van der Waals surface area contributed by atoms with Gasteiger partial charge in [0.05, 0.1) is 31.0 Å². The number of hydrogen-bond donors (Lipinski definition) is 0. The average Bonchev–Trinajstić information content (AvgIpc) is 2.60. The van der Waals surface area contributed by atoms with Crippen LogP contribution in [0.2, 0.25) is 0 Å². The first-order valence-corrected chi connectivity index (χ1v) is 8.17. The van der Waals surface area contributed by atoms with Gasteiger partial charge in [-0.1, -0.05) is 18.2 Å². The summed E-state index contributed by atoms with van der Waals surface area (Å²) in [7, 11) is 2.43. The summed E-state index contributed by atoms with van der Waals surface area (Å²) >= 11 is 0.927. The molecule has 0 N–H and O–H groups in total. The lowest BCUT2D eigenvalue weighted by Gasteiger charge is -2.12. The summed E-state index contributed by atoms with van der Waals surface area (Å²) in [6.07, 6.45) is 0. The molecule has 2 aromatic rings. The molecule has 0 bridgehead atoms. The second-order valence-electron chi connectivity index (χ2n) is 5.10. The van der Waals surface area contributed by atoms with Crippen LogP contribution in [-0.2, 0) is 9.47 Å². The van der Waals surface area contributed by atoms with Crippen molar-refractivity contribution < 1.29 is 23.9 Å². The molecule has 0 saturated heterocycles. The van der Waals surface area contributed by atoms with Crippen molar-refractivity contribution in [1.29, 1.82) is 0 Å². The number of ketones is 1. The number of methoxy groups -OCH3 is 2. The van der Waals surface area contributed by atoms with E-state index in [1.54, 1.807) is 19.1 Å². The summed E-state index contributed by atoms with van der Waals surface area (Å²) in [5, 5.41) is 0. The molecule has 2 rings (SSSR count). The number of ether oxygens (including phenoxy) is 2. The second-order valence-corrected chi connectivity index (χ2v) is 6.10. The number of hydrogen-bond acceptors (Lipinski definition) is 7. The number of benzene rings is 1. The molecular formula is C18H17NO5S. The normalized spacial score (nSPS) is 11.1. The van der Waals surface area contributed by atoms with Crippen LogP contribution in [-0.4, -0.2) is 31.9 Å². The first-order chi connectivity index (χ1) is 11.9. The SMILES string of the molecule is COC(=O)c1sc(=Nc2ccccc2)c(C(C)=O)c(C)c1C(=O)OC. The van der Waals surface area contributed by atoms with E-state index in [-0.39, 0.29) is 21.8 Å². The van der Waals surface area contributed by atoms with Crippen molar-refractivity contribution in [3.8, 4) is 0 Å². The van der Waals surface area contributed by atoms with Crippen molar-refractivity contribution in [2.75, 3.05) is 14.2 Å². The number of nitrogens with zero attached hydrogens (tertiary/aromatic N) is 1. The smallest absolute Gasteiger partial charge is 0.349 e. The predicted octanol–water partition coefficient (Wildman–Crippen LogP) is 3.06. The zero-order valence-corrected chi connectivity index (χ0v) is 15.1. The van der Waals surface area contributed by atoms with Crippen molar-refractivity contribution in [1.82, 2.24) is 0 Å². The summed E-state index contributed by atoms with van der Waals surface area (Å²) in [4.78, 5) is 41.0. The van der Waals surface area contributed by atoms with Crippen molar-refractivity contribution in [2.45, 2.75) is 13.8 Å². The second kappa shape index (κ2) is 7.85. The van der Waals surface area contributed by atoms with Crippen LogP contribution in [0.1, 0.15) is 42.9 Å². The van der Waals surface area contributed by atoms with Gasteiger partial charge in [0, 0.05) is 0 Å². The maximum atomic E-state index is 12.2. The first kappa shape index (κ1) is 18.5. The number of carbonyl (C=O) groups is 3. The van der Waals surface area contributed by atoms with Crippen LogP contribution in [0.5, 0.6) is 0 Å². The minimum atomic E-state index is -0.706. The third-order valence-electron chi connectivity index (χ3n) is 3.49. The molecule has 0 spiro atoms. The van der Waals surface area contributed by atoms with Gasteiger partial charge in [-0.3, -0.25) is 4.79 Å². The molecule has 6 nitrogen and oxygen atoms in total. The predicted molar refractivity (Wildman–Crippen MR) is 93.4 cm³/mol. The minimum Gasteiger partial charge on any atom is -0.465 e. The summed E-state index contributed by atoms with van der Waals surface area (Å²) in [5.41, 5.74) is 1.27. The molecule has 0 amide bonds. The Labute approximate surface area is 148 Å². The Hall–Kier alpha value is -2.80. The van der Waals surface area contributed by atoms with E-state index in [2.05, 4.69) is 4.99 Å². The van der Waals surface area contributed by atoms with Gasteiger partial charge in [0.15, 0.2) is 5.78 Å². The molecule has 1 aromatic carbocycles. The maximum absolute atomic E-state index is 12.2. The number of para-hydroxylation sites is 1. The molecule has 0 atom stereocenters. The summed E-state index contributed by atoms with van der Waals surface area (Å²) in [6.45, 7) is 2.98. The van der Waals surface area contributed by atoms with Crippen LogP contribution in [0.3, 0.4) is 0 Å². The highest BCUT2D eigenvalue weighted by atomic mass is 32.1. The highest BCUT2D eigenvalue weighted by molar-refractivity contribution is 7.11. The topological polar surface area (TPSA) is 82.0 Å². The molecule has 1 aromatic heterocycles. The molecular weight excluding hydrogens is 342 g/mol. The van der Waals surface area contributed by atoms with E-state index in [0.717, 1.165) is 11.3 Å². The lowest BCUT2D eigenvalue weighted by molar-refractivity contribution is 0.0558. The van der Waals surface area contributed by atoms with Crippen molar-refractivity contribution in [3.05, 3.63) is 56.6 Å². The molecule has 7 heteroatoms. The monoisotopic (exact) mass is 359 g/mol. The highest BCUT2D eigenvalue weighted by Crippen LogP contribution is 2.23. The molecule has 0 aliphatic carbocycles. The molecule has 130 valence electrons. The Kier molecular flexibility index (Phi) is 5.82. The lowest BCUT2D eigenvalue weighted by Crippen LogP contribution is -2.22. The van der Waals surface area contributed by atoms with Crippen molar-refractivity contribution in [3.63, 3.8) is 0 Å². The Bertz CT molecular complexity index is 900. The Morgan fingerprint density at radius 3 is 2.08 bits per heavy atom. The zero-order valence-electron chi connectivity index (χ0n) is 14.3. The largest absolute Gasteiger partial charge is 0.465 e. The Morgan fingerprint density at radius 1 is 0.960 bits per heavy atom. The van der Waals surface area contributed by atoms with Crippen LogP contribution in [0.4, 0.5) is 5.69 Å². The molecule has 25 heavy (non-hydrogen) atoms. The van der Waals surface area contributed by atoms with E-state index in [1.807, 2.05) is 18.2 Å². The Morgan fingerprint density at radius 2 is 1.56 bits per heavy atom. The first-order valence-electron chi connectivity index (χ1n) is 7.35. The third kappa shape index (κ3) is 3.83. The fourth-order valence-electron chi connectivity index (χ4n) is 2.35. The molecule has 0 fully saturated rings. The summed E-state index contributed by atoms with van der Waals surface area (Å²) < 4.78 is 9.87. The van der Waals surface area contributed by atoms with Gasteiger partial charge in [-0.05, 0) is 31.5 Å². The molecule has 0 aliphatic rings. The van der Waals surface area contributed by atoms with E-state index in [1.165, 1.54) is 21.1 Å². The zero-order chi connectivity index (χ0) is 18.6. The molecule has 0 unspecified atom stereocenters. The van der Waals surface area contributed by atoms with Gasteiger partial charge in [-0.2, -0.15) is 0 Å². The van der Waals surface area contributed by atoms with Crippen LogP contribution in [0, 0.1) is 6.92 Å². The van der Waals surface area contributed by atoms with Gasteiger partial charge >= 0.3 is 11.9 Å². The van der Waals surface area contributed by atoms with E-state index >= 15 is 0 Å². The van der Waals surface area contributed by atoms with Gasteiger partial charge in [0.25, 0.3) is 0 Å². The van der Waals surface area contributed by atoms with Gasteiger partial charge in [0.2, 0.25) is 0 Å². The fourth-order valence-corrected chi connectivity index (χ4v) is 3.60. The summed E-state index contributed by atoms with van der Waals surface area (Å²) in [5.74, 6) is -1.65. The number of rotatable bonds is 4. The van der Waals surface area contributed by atoms with Gasteiger partial charge in [-0.15, -0.1) is 11.3 Å². The quantitative estimate of drug-likeness (QED) is 0.619. The molecule has 1 heterocycles. The number of carbonyl (C=O) groups excluding carboxylic acids is 3.